The third-order valence-corrected chi connectivity index (χ3v) is 4.38. The zero-order chi connectivity index (χ0) is 16.5. The van der Waals surface area contributed by atoms with Crippen molar-refractivity contribution in [2.75, 3.05) is 11.9 Å². The van der Waals surface area contributed by atoms with Gasteiger partial charge in [0, 0.05) is 24.2 Å². The predicted molar refractivity (Wildman–Crippen MR) is 90.7 cm³/mol. The number of carbonyl (C=O) groups is 1. The van der Waals surface area contributed by atoms with Crippen LogP contribution in [0, 0.1) is 6.92 Å². The van der Waals surface area contributed by atoms with E-state index in [1.165, 1.54) is 0 Å². The summed E-state index contributed by atoms with van der Waals surface area (Å²) >= 11 is 0. The van der Waals surface area contributed by atoms with E-state index in [1.54, 1.807) is 6.20 Å². The Labute approximate surface area is 139 Å². The first-order valence-corrected chi connectivity index (χ1v) is 8.07. The van der Waals surface area contributed by atoms with Crippen molar-refractivity contribution in [3.8, 4) is 0 Å². The van der Waals surface area contributed by atoms with E-state index in [0.717, 1.165) is 40.9 Å². The molecule has 2 aromatic heterocycles. The van der Waals surface area contributed by atoms with Crippen molar-refractivity contribution < 1.29 is 9.32 Å². The standard InChI is InChI=1S/C18H18N4O2/c1-12-11-15(21-24-12)16-8-4-10-22(16)18(23)20-14-7-2-5-13-6-3-9-19-17(13)14/h2-3,5-7,9,11,16H,4,8,10H2,1H3,(H,20,23)/t16-/m0/s1. The minimum absolute atomic E-state index is 0.0367. The van der Waals surface area contributed by atoms with Crippen LogP contribution >= 0.6 is 0 Å². The average Bonchev–Trinajstić information content (AvgIpc) is 3.24. The van der Waals surface area contributed by atoms with Crippen LogP contribution in [-0.2, 0) is 0 Å². The summed E-state index contributed by atoms with van der Waals surface area (Å²) in [6, 6.07) is 11.4. The number of carbonyl (C=O) groups excluding carboxylic acids is 1. The first-order chi connectivity index (χ1) is 11.7. The molecular weight excluding hydrogens is 304 g/mol. The number of amides is 2. The molecule has 4 rings (SSSR count). The van der Waals surface area contributed by atoms with Gasteiger partial charge in [-0.05, 0) is 31.9 Å². The molecule has 1 fully saturated rings. The Morgan fingerprint density at radius 1 is 1.33 bits per heavy atom. The topological polar surface area (TPSA) is 71.3 Å². The van der Waals surface area contributed by atoms with Gasteiger partial charge < -0.3 is 14.7 Å². The number of fused-ring (bicyclic) bond motifs is 1. The van der Waals surface area contributed by atoms with E-state index in [1.807, 2.05) is 48.2 Å². The molecule has 24 heavy (non-hydrogen) atoms. The van der Waals surface area contributed by atoms with Crippen LogP contribution in [-0.4, -0.2) is 27.6 Å². The second-order valence-electron chi connectivity index (χ2n) is 6.02. The summed E-state index contributed by atoms with van der Waals surface area (Å²) < 4.78 is 5.16. The summed E-state index contributed by atoms with van der Waals surface area (Å²) in [6.07, 6.45) is 3.58. The lowest BCUT2D eigenvalue weighted by Gasteiger charge is -2.23. The van der Waals surface area contributed by atoms with Crippen LogP contribution in [0.3, 0.4) is 0 Å². The van der Waals surface area contributed by atoms with Gasteiger partial charge in [0.15, 0.2) is 0 Å². The maximum absolute atomic E-state index is 12.8. The van der Waals surface area contributed by atoms with E-state index in [9.17, 15) is 4.79 Å². The number of nitrogens with zero attached hydrogens (tertiary/aromatic N) is 3. The fourth-order valence-corrected chi connectivity index (χ4v) is 3.25. The lowest BCUT2D eigenvalue weighted by Crippen LogP contribution is -2.34. The van der Waals surface area contributed by atoms with Crippen LogP contribution in [0.15, 0.2) is 47.1 Å². The Hall–Kier alpha value is -2.89. The summed E-state index contributed by atoms with van der Waals surface area (Å²) in [5, 5.41) is 8.08. The van der Waals surface area contributed by atoms with Crippen molar-refractivity contribution in [2.24, 2.45) is 0 Å². The van der Waals surface area contributed by atoms with Crippen molar-refractivity contribution in [3.05, 3.63) is 54.0 Å². The number of para-hydroxylation sites is 1. The average molecular weight is 322 g/mol. The first kappa shape index (κ1) is 14.7. The molecule has 0 bridgehead atoms. The number of rotatable bonds is 2. The molecule has 2 amide bonds. The summed E-state index contributed by atoms with van der Waals surface area (Å²) in [6.45, 7) is 2.57. The Morgan fingerprint density at radius 2 is 2.21 bits per heavy atom. The third-order valence-electron chi connectivity index (χ3n) is 4.38. The highest BCUT2D eigenvalue weighted by Gasteiger charge is 2.32. The number of urea groups is 1. The number of anilines is 1. The van der Waals surface area contributed by atoms with Crippen LogP contribution < -0.4 is 5.32 Å². The molecule has 122 valence electrons. The van der Waals surface area contributed by atoms with Crippen molar-refractivity contribution in [1.82, 2.24) is 15.0 Å². The zero-order valence-electron chi connectivity index (χ0n) is 13.4. The number of pyridine rings is 1. The second-order valence-corrected chi connectivity index (χ2v) is 6.02. The fourth-order valence-electron chi connectivity index (χ4n) is 3.25. The Balaban J connectivity index is 1.59. The minimum Gasteiger partial charge on any atom is -0.361 e. The molecule has 6 heteroatoms. The molecule has 1 aromatic carbocycles. The van der Waals surface area contributed by atoms with Crippen molar-refractivity contribution >= 4 is 22.6 Å². The van der Waals surface area contributed by atoms with E-state index < -0.39 is 0 Å². The van der Waals surface area contributed by atoms with Crippen molar-refractivity contribution in [3.63, 3.8) is 0 Å². The first-order valence-electron chi connectivity index (χ1n) is 8.07. The largest absolute Gasteiger partial charge is 0.361 e. The fraction of sp³-hybridized carbons (Fsp3) is 0.278. The number of aryl methyl sites for hydroxylation is 1. The SMILES string of the molecule is Cc1cc([C@@H]2CCCN2C(=O)Nc2cccc3cccnc23)no1. The maximum Gasteiger partial charge on any atom is 0.322 e. The molecule has 1 aliphatic rings. The Morgan fingerprint density at radius 3 is 3.04 bits per heavy atom. The quantitative estimate of drug-likeness (QED) is 0.776. The Kier molecular flexibility index (Phi) is 3.65. The van der Waals surface area contributed by atoms with Crippen LogP contribution in [0.1, 0.15) is 30.3 Å². The second kappa shape index (κ2) is 5.96. The number of aromatic nitrogens is 2. The van der Waals surface area contributed by atoms with Gasteiger partial charge in [-0.1, -0.05) is 23.4 Å². The van der Waals surface area contributed by atoms with Crippen LogP contribution in [0.25, 0.3) is 10.9 Å². The highest BCUT2D eigenvalue weighted by Crippen LogP contribution is 2.32. The van der Waals surface area contributed by atoms with Gasteiger partial charge in [0.1, 0.15) is 11.5 Å². The molecule has 0 unspecified atom stereocenters. The molecule has 0 spiro atoms. The van der Waals surface area contributed by atoms with E-state index in [-0.39, 0.29) is 12.1 Å². The van der Waals surface area contributed by atoms with Crippen LogP contribution in [0.5, 0.6) is 0 Å². The van der Waals surface area contributed by atoms with Gasteiger partial charge >= 0.3 is 6.03 Å². The third kappa shape index (κ3) is 2.60. The van der Waals surface area contributed by atoms with Gasteiger partial charge in [-0.3, -0.25) is 4.98 Å². The molecule has 1 saturated heterocycles. The number of nitrogens with one attached hydrogen (secondary N) is 1. The zero-order valence-corrected chi connectivity index (χ0v) is 13.4. The van der Waals surface area contributed by atoms with Gasteiger partial charge in [-0.2, -0.15) is 0 Å². The monoisotopic (exact) mass is 322 g/mol. The van der Waals surface area contributed by atoms with E-state index in [4.69, 9.17) is 4.52 Å². The van der Waals surface area contributed by atoms with E-state index >= 15 is 0 Å². The Bertz CT molecular complexity index is 884. The van der Waals surface area contributed by atoms with Gasteiger partial charge in [-0.15, -0.1) is 0 Å². The molecular formula is C18H18N4O2. The minimum atomic E-state index is -0.128. The summed E-state index contributed by atoms with van der Waals surface area (Å²) in [5.74, 6) is 0.760. The number of hydrogen-bond acceptors (Lipinski definition) is 4. The lowest BCUT2D eigenvalue weighted by molar-refractivity contribution is 0.204. The van der Waals surface area contributed by atoms with Crippen molar-refractivity contribution in [1.29, 1.82) is 0 Å². The summed E-state index contributed by atoms with van der Waals surface area (Å²) in [7, 11) is 0. The molecule has 1 atom stereocenters. The van der Waals surface area contributed by atoms with Crippen LogP contribution in [0.2, 0.25) is 0 Å². The summed E-state index contributed by atoms with van der Waals surface area (Å²) in [4.78, 5) is 19.0. The number of hydrogen-bond donors (Lipinski definition) is 1. The van der Waals surface area contributed by atoms with Gasteiger partial charge in [0.05, 0.1) is 17.2 Å². The van der Waals surface area contributed by atoms with E-state index in [0.29, 0.717) is 6.54 Å². The molecule has 3 aromatic rings. The molecule has 1 N–H and O–H groups in total. The van der Waals surface area contributed by atoms with Gasteiger partial charge in [0.2, 0.25) is 0 Å². The molecule has 0 radical (unpaired) electrons. The summed E-state index contributed by atoms with van der Waals surface area (Å²) in [5.41, 5.74) is 2.33. The molecule has 3 heterocycles. The van der Waals surface area contributed by atoms with Gasteiger partial charge in [-0.25, -0.2) is 4.79 Å². The molecule has 1 aliphatic heterocycles. The smallest absolute Gasteiger partial charge is 0.322 e. The maximum atomic E-state index is 12.8. The van der Waals surface area contributed by atoms with Crippen LogP contribution in [0.4, 0.5) is 10.5 Å². The predicted octanol–water partition coefficient (Wildman–Crippen LogP) is 3.90. The molecule has 0 aliphatic carbocycles. The highest BCUT2D eigenvalue weighted by molar-refractivity contribution is 5.99. The normalized spacial score (nSPS) is 17.4. The van der Waals surface area contributed by atoms with Crippen molar-refractivity contribution in [2.45, 2.75) is 25.8 Å². The van der Waals surface area contributed by atoms with E-state index in [2.05, 4.69) is 15.5 Å². The van der Waals surface area contributed by atoms with Gasteiger partial charge in [0.25, 0.3) is 0 Å². The number of likely N-dealkylation sites (tertiary alicyclic amines) is 1. The molecule has 6 nitrogen and oxygen atoms in total. The number of benzene rings is 1. The molecule has 0 saturated carbocycles. The lowest BCUT2D eigenvalue weighted by atomic mass is 10.1. The highest BCUT2D eigenvalue weighted by atomic mass is 16.5.